The van der Waals surface area contributed by atoms with Crippen molar-refractivity contribution < 1.29 is 21.9 Å². The van der Waals surface area contributed by atoms with Gasteiger partial charge in [-0.15, -0.1) is 0 Å². The van der Waals surface area contributed by atoms with Gasteiger partial charge in [-0.2, -0.15) is 5.10 Å². The van der Waals surface area contributed by atoms with Gasteiger partial charge in [0.15, 0.2) is 17.4 Å². The molecular weight excluding hydrogens is 412 g/mol. The first-order valence-corrected chi connectivity index (χ1v) is 10.3. The highest BCUT2D eigenvalue weighted by molar-refractivity contribution is 7.91. The van der Waals surface area contributed by atoms with Crippen LogP contribution in [0, 0.1) is 11.6 Å². The first-order chi connectivity index (χ1) is 14.4. The Kier molecular flexibility index (Phi) is 5.28. The van der Waals surface area contributed by atoms with E-state index in [-0.39, 0.29) is 22.1 Å². The summed E-state index contributed by atoms with van der Waals surface area (Å²) >= 11 is 0. The van der Waals surface area contributed by atoms with Gasteiger partial charge in [-0.1, -0.05) is 24.3 Å². The van der Waals surface area contributed by atoms with Gasteiger partial charge in [0.2, 0.25) is 9.84 Å². The molecule has 1 aromatic heterocycles. The van der Waals surface area contributed by atoms with Crippen molar-refractivity contribution in [2.75, 3.05) is 0 Å². The van der Waals surface area contributed by atoms with Crippen molar-refractivity contribution >= 4 is 9.84 Å². The highest BCUT2D eigenvalue weighted by Crippen LogP contribution is 2.29. The summed E-state index contributed by atoms with van der Waals surface area (Å²) in [4.78, 5) is 4.22. The summed E-state index contributed by atoms with van der Waals surface area (Å²) in [5, 5.41) is 6.44. The standard InChI is InChI=1S/C21H15F2N3O3S/c22-15-7-10-19(18(23)11-15)29-12-14-5-8-16(9-6-14)30(27,28)20-4-2-1-3-17(20)21-24-13-25-26-21/h1-11,13H,12H2,(H,24,25,26). The average molecular weight is 427 g/mol. The lowest BCUT2D eigenvalue weighted by Gasteiger charge is -2.10. The van der Waals surface area contributed by atoms with Crippen LogP contribution in [0.4, 0.5) is 8.78 Å². The molecule has 0 amide bonds. The van der Waals surface area contributed by atoms with Gasteiger partial charge in [-0.05, 0) is 42.0 Å². The molecule has 0 saturated carbocycles. The zero-order valence-corrected chi connectivity index (χ0v) is 16.2. The minimum atomic E-state index is -3.82. The molecule has 152 valence electrons. The molecule has 0 radical (unpaired) electrons. The predicted molar refractivity (Wildman–Crippen MR) is 104 cm³/mol. The molecule has 0 aliphatic carbocycles. The van der Waals surface area contributed by atoms with Crippen molar-refractivity contribution in [2.24, 2.45) is 0 Å². The molecule has 0 spiro atoms. The Bertz CT molecular complexity index is 1280. The van der Waals surface area contributed by atoms with E-state index in [1.54, 1.807) is 30.3 Å². The molecule has 3 aromatic carbocycles. The minimum absolute atomic E-state index is 0.00245. The van der Waals surface area contributed by atoms with Crippen LogP contribution in [0.25, 0.3) is 11.4 Å². The van der Waals surface area contributed by atoms with Crippen LogP contribution in [0.5, 0.6) is 5.75 Å². The van der Waals surface area contributed by atoms with Crippen LogP contribution in [0.3, 0.4) is 0 Å². The zero-order chi connectivity index (χ0) is 21.1. The summed E-state index contributed by atoms with van der Waals surface area (Å²) in [5.41, 5.74) is 1.04. The summed E-state index contributed by atoms with van der Waals surface area (Å²) < 4.78 is 58.2. The van der Waals surface area contributed by atoms with Crippen LogP contribution in [-0.2, 0) is 16.4 Å². The Hall–Kier alpha value is -3.59. The van der Waals surface area contributed by atoms with E-state index < -0.39 is 21.5 Å². The molecule has 30 heavy (non-hydrogen) atoms. The van der Waals surface area contributed by atoms with E-state index >= 15 is 0 Å². The van der Waals surface area contributed by atoms with Crippen molar-refractivity contribution in [1.29, 1.82) is 0 Å². The monoisotopic (exact) mass is 427 g/mol. The number of hydrogen-bond donors (Lipinski definition) is 1. The smallest absolute Gasteiger partial charge is 0.207 e. The van der Waals surface area contributed by atoms with E-state index in [4.69, 9.17) is 4.74 Å². The van der Waals surface area contributed by atoms with Crippen molar-refractivity contribution in [3.63, 3.8) is 0 Å². The maximum atomic E-state index is 13.7. The highest BCUT2D eigenvalue weighted by Gasteiger charge is 2.22. The van der Waals surface area contributed by atoms with Crippen LogP contribution in [0.2, 0.25) is 0 Å². The molecule has 0 unspecified atom stereocenters. The summed E-state index contributed by atoms with van der Waals surface area (Å²) in [7, 11) is -3.82. The van der Waals surface area contributed by atoms with Crippen LogP contribution < -0.4 is 4.74 Å². The average Bonchev–Trinajstić information content (AvgIpc) is 3.28. The Morgan fingerprint density at radius 3 is 2.43 bits per heavy atom. The van der Waals surface area contributed by atoms with Gasteiger partial charge < -0.3 is 4.74 Å². The van der Waals surface area contributed by atoms with Crippen LogP contribution in [-0.4, -0.2) is 23.6 Å². The fourth-order valence-electron chi connectivity index (χ4n) is 2.88. The lowest BCUT2D eigenvalue weighted by atomic mass is 10.2. The molecule has 1 heterocycles. The van der Waals surface area contributed by atoms with E-state index in [1.165, 1.54) is 30.6 Å². The number of hydrogen-bond acceptors (Lipinski definition) is 5. The third-order valence-electron chi connectivity index (χ3n) is 4.37. The molecule has 0 aliphatic rings. The lowest BCUT2D eigenvalue weighted by Crippen LogP contribution is -2.05. The van der Waals surface area contributed by atoms with E-state index in [0.717, 1.165) is 12.1 Å². The van der Waals surface area contributed by atoms with Crippen molar-refractivity contribution in [3.8, 4) is 17.1 Å². The molecule has 0 aliphatic heterocycles. The first kappa shape index (κ1) is 19.7. The first-order valence-electron chi connectivity index (χ1n) is 8.82. The van der Waals surface area contributed by atoms with Crippen LogP contribution in [0.1, 0.15) is 5.56 Å². The summed E-state index contributed by atoms with van der Waals surface area (Å²) in [5.74, 6) is -1.24. The number of rotatable bonds is 6. The number of ether oxygens (including phenoxy) is 1. The Balaban J connectivity index is 1.57. The zero-order valence-electron chi connectivity index (χ0n) is 15.4. The van der Waals surface area contributed by atoms with E-state index in [1.807, 2.05) is 0 Å². The van der Waals surface area contributed by atoms with Crippen LogP contribution in [0.15, 0.2) is 82.8 Å². The highest BCUT2D eigenvalue weighted by atomic mass is 32.2. The second kappa shape index (κ2) is 8.03. The van der Waals surface area contributed by atoms with Gasteiger partial charge in [0.25, 0.3) is 0 Å². The minimum Gasteiger partial charge on any atom is -0.486 e. The number of sulfone groups is 1. The topological polar surface area (TPSA) is 84.9 Å². The number of H-pyrrole nitrogens is 1. The third-order valence-corrected chi connectivity index (χ3v) is 6.20. The van der Waals surface area contributed by atoms with E-state index in [2.05, 4.69) is 15.2 Å². The number of benzene rings is 3. The van der Waals surface area contributed by atoms with Gasteiger partial charge in [0, 0.05) is 11.6 Å². The van der Waals surface area contributed by atoms with Gasteiger partial charge in [0.05, 0.1) is 9.79 Å². The molecule has 0 bridgehead atoms. The Labute approximate surface area is 171 Å². The Morgan fingerprint density at radius 2 is 1.73 bits per heavy atom. The normalized spacial score (nSPS) is 11.4. The molecule has 1 N–H and O–H groups in total. The molecule has 6 nitrogen and oxygen atoms in total. The maximum absolute atomic E-state index is 13.7. The SMILES string of the molecule is O=S(=O)(c1ccc(COc2ccc(F)cc2F)cc1)c1ccccc1-c1ncn[nH]1. The summed E-state index contributed by atoms with van der Waals surface area (Å²) in [6.45, 7) is -0.00245. The van der Waals surface area contributed by atoms with Gasteiger partial charge in [0.1, 0.15) is 18.8 Å². The number of nitrogens with one attached hydrogen (secondary N) is 1. The fourth-order valence-corrected chi connectivity index (χ4v) is 4.34. The molecule has 0 fully saturated rings. The molecule has 0 saturated heterocycles. The number of halogens is 2. The molecule has 4 rings (SSSR count). The summed E-state index contributed by atoms with van der Waals surface area (Å²) in [6, 6.07) is 15.6. The van der Waals surface area contributed by atoms with Crippen LogP contribution >= 0.6 is 0 Å². The molecule has 0 atom stereocenters. The quantitative estimate of drug-likeness (QED) is 0.499. The van der Waals surface area contributed by atoms with E-state index in [9.17, 15) is 17.2 Å². The second-order valence-corrected chi connectivity index (χ2v) is 8.26. The van der Waals surface area contributed by atoms with Gasteiger partial charge in [-0.3, -0.25) is 5.10 Å². The molecule has 9 heteroatoms. The molecule has 4 aromatic rings. The lowest BCUT2D eigenvalue weighted by molar-refractivity contribution is 0.289. The van der Waals surface area contributed by atoms with Gasteiger partial charge in [-0.25, -0.2) is 22.2 Å². The Morgan fingerprint density at radius 1 is 0.967 bits per heavy atom. The molecular formula is C21H15F2N3O3S. The third kappa shape index (κ3) is 3.92. The maximum Gasteiger partial charge on any atom is 0.207 e. The largest absolute Gasteiger partial charge is 0.486 e. The number of aromatic nitrogens is 3. The van der Waals surface area contributed by atoms with Crippen molar-refractivity contribution in [3.05, 3.63) is 90.3 Å². The number of aromatic amines is 1. The van der Waals surface area contributed by atoms with Crippen molar-refractivity contribution in [1.82, 2.24) is 15.2 Å². The van der Waals surface area contributed by atoms with E-state index in [0.29, 0.717) is 17.0 Å². The second-order valence-electron chi connectivity index (χ2n) is 6.34. The fraction of sp³-hybridized carbons (Fsp3) is 0.0476. The van der Waals surface area contributed by atoms with Gasteiger partial charge >= 0.3 is 0 Å². The van der Waals surface area contributed by atoms with Crippen molar-refractivity contribution in [2.45, 2.75) is 16.4 Å². The number of nitrogens with zero attached hydrogens (tertiary/aromatic N) is 2. The summed E-state index contributed by atoms with van der Waals surface area (Å²) in [6.07, 6.45) is 1.30. The predicted octanol–water partition coefficient (Wildman–Crippen LogP) is 4.16.